The van der Waals surface area contributed by atoms with Crippen LogP contribution in [0.15, 0.2) is 24.5 Å². The fraction of sp³-hybridized carbons (Fsp3) is 0.333. The van der Waals surface area contributed by atoms with E-state index >= 15 is 0 Å². The molecular weight excluding hydrogens is 319 g/mol. The van der Waals surface area contributed by atoms with Gasteiger partial charge in [-0.3, -0.25) is 4.79 Å². The highest BCUT2D eigenvalue weighted by Crippen LogP contribution is 2.20. The number of carboxylic acid groups (broad SMARTS) is 1. The lowest BCUT2D eigenvalue weighted by Gasteiger charge is -2.33. The van der Waals surface area contributed by atoms with Crippen LogP contribution in [0, 0.1) is 5.82 Å². The molecule has 0 aliphatic carbocycles. The minimum absolute atomic E-state index is 0.00274. The molecule has 1 N–H and O–H groups in total. The van der Waals surface area contributed by atoms with Gasteiger partial charge in [-0.1, -0.05) is 6.07 Å². The van der Waals surface area contributed by atoms with E-state index in [1.165, 1.54) is 25.6 Å². The number of hydrogen-bond donors (Lipinski definition) is 1. The summed E-state index contributed by atoms with van der Waals surface area (Å²) in [6.07, 6.45) is 1.42. The van der Waals surface area contributed by atoms with Crippen molar-refractivity contribution in [3.8, 4) is 0 Å². The molecule has 8 nitrogen and oxygen atoms in total. The first-order chi connectivity index (χ1) is 11.5. The molecule has 1 atom stereocenters. The van der Waals surface area contributed by atoms with Crippen LogP contribution in [0.3, 0.4) is 0 Å². The van der Waals surface area contributed by atoms with Gasteiger partial charge in [0.1, 0.15) is 18.2 Å². The van der Waals surface area contributed by atoms with Crippen molar-refractivity contribution < 1.29 is 23.8 Å². The van der Waals surface area contributed by atoms with Crippen LogP contribution in [0.4, 0.5) is 4.39 Å². The maximum Gasteiger partial charge on any atom is 0.328 e. The number of nitrogens with zero attached hydrogens (tertiary/aromatic N) is 4. The molecule has 1 aromatic heterocycles. The smallest absolute Gasteiger partial charge is 0.328 e. The van der Waals surface area contributed by atoms with Crippen molar-refractivity contribution in [1.29, 1.82) is 0 Å². The van der Waals surface area contributed by atoms with Crippen molar-refractivity contribution >= 4 is 11.9 Å². The number of methoxy groups -OCH3 is 1. The predicted molar refractivity (Wildman–Crippen MR) is 78.4 cm³/mol. The second-order valence-electron chi connectivity index (χ2n) is 5.43. The van der Waals surface area contributed by atoms with Crippen molar-refractivity contribution in [2.45, 2.75) is 25.7 Å². The molecule has 1 amide bonds. The molecule has 0 saturated carbocycles. The van der Waals surface area contributed by atoms with Gasteiger partial charge < -0.3 is 19.3 Å². The van der Waals surface area contributed by atoms with E-state index in [-0.39, 0.29) is 25.3 Å². The van der Waals surface area contributed by atoms with Crippen LogP contribution in [0.25, 0.3) is 0 Å². The highest BCUT2D eigenvalue weighted by atomic mass is 19.1. The lowest BCUT2D eigenvalue weighted by atomic mass is 10.1. The second kappa shape index (κ2) is 6.36. The number of aliphatic carboxylic acids is 1. The zero-order chi connectivity index (χ0) is 17.3. The van der Waals surface area contributed by atoms with E-state index in [1.54, 1.807) is 4.57 Å². The van der Waals surface area contributed by atoms with Gasteiger partial charge in [0.05, 0.1) is 19.7 Å². The molecule has 0 fully saturated rings. The van der Waals surface area contributed by atoms with E-state index in [0.29, 0.717) is 11.4 Å². The van der Waals surface area contributed by atoms with Gasteiger partial charge in [0, 0.05) is 18.2 Å². The van der Waals surface area contributed by atoms with Crippen LogP contribution >= 0.6 is 0 Å². The normalized spacial score (nSPS) is 16.8. The van der Waals surface area contributed by atoms with Crippen molar-refractivity contribution in [3.05, 3.63) is 47.3 Å². The molecule has 2 heterocycles. The fourth-order valence-corrected chi connectivity index (χ4v) is 2.64. The zero-order valence-corrected chi connectivity index (χ0v) is 12.8. The van der Waals surface area contributed by atoms with Crippen LogP contribution in [-0.2, 0) is 29.2 Å². The number of carbonyl (C=O) groups excluding carboxylic acids is 1. The highest BCUT2D eigenvalue weighted by molar-refractivity contribution is 5.96. The van der Waals surface area contributed by atoms with Gasteiger partial charge in [0.15, 0.2) is 5.82 Å². The van der Waals surface area contributed by atoms with Crippen LogP contribution in [0.1, 0.15) is 21.7 Å². The summed E-state index contributed by atoms with van der Waals surface area (Å²) in [5.74, 6) is -1.80. The molecule has 0 spiro atoms. The molecule has 2 aromatic rings. The largest absolute Gasteiger partial charge is 0.480 e. The Morgan fingerprint density at radius 1 is 1.46 bits per heavy atom. The van der Waals surface area contributed by atoms with E-state index in [4.69, 9.17) is 4.74 Å². The van der Waals surface area contributed by atoms with Crippen LogP contribution < -0.4 is 0 Å². The van der Waals surface area contributed by atoms with Gasteiger partial charge in [-0.2, -0.15) is 0 Å². The number of benzene rings is 1. The standard InChI is InChI=1S/C15H15FN4O4/c1-24-7-10-3-2-9(4-11(10)16)14(21)20-6-13-18-17-8-19(13)5-12(20)15(22)23/h2-4,8,12H,5-7H2,1H3,(H,22,23). The SMILES string of the molecule is COCc1ccc(C(=O)N2Cc3nncn3CC2C(=O)O)cc1F. The molecular formula is C15H15FN4O4. The summed E-state index contributed by atoms with van der Waals surface area (Å²) < 4.78 is 20.5. The maximum atomic E-state index is 14.0. The molecule has 24 heavy (non-hydrogen) atoms. The molecule has 1 unspecified atom stereocenters. The second-order valence-corrected chi connectivity index (χ2v) is 5.43. The number of aromatic nitrogens is 3. The third-order valence-corrected chi connectivity index (χ3v) is 3.90. The Bertz CT molecular complexity index is 792. The number of ether oxygens (including phenoxy) is 1. The predicted octanol–water partition coefficient (Wildman–Crippen LogP) is 0.673. The Labute approximate surface area is 136 Å². The van der Waals surface area contributed by atoms with Crippen LogP contribution in [0.2, 0.25) is 0 Å². The Morgan fingerprint density at radius 3 is 2.92 bits per heavy atom. The molecule has 0 bridgehead atoms. The Kier molecular flexibility index (Phi) is 4.26. The molecule has 1 aromatic carbocycles. The van der Waals surface area contributed by atoms with Gasteiger partial charge in [0.2, 0.25) is 0 Å². The molecule has 1 aliphatic rings. The summed E-state index contributed by atoms with van der Waals surface area (Å²) in [7, 11) is 1.44. The summed E-state index contributed by atoms with van der Waals surface area (Å²) in [4.78, 5) is 25.3. The lowest BCUT2D eigenvalue weighted by Crippen LogP contribution is -2.50. The van der Waals surface area contributed by atoms with Crippen molar-refractivity contribution in [2.24, 2.45) is 0 Å². The molecule has 126 valence electrons. The first kappa shape index (κ1) is 16.1. The summed E-state index contributed by atoms with van der Waals surface area (Å²) in [5.41, 5.74) is 0.397. The van der Waals surface area contributed by atoms with Crippen LogP contribution in [0.5, 0.6) is 0 Å². The van der Waals surface area contributed by atoms with E-state index in [1.807, 2.05) is 0 Å². The number of halogens is 1. The molecule has 0 radical (unpaired) electrons. The minimum atomic E-state index is -1.14. The molecule has 3 rings (SSSR count). The highest BCUT2D eigenvalue weighted by Gasteiger charge is 2.36. The third-order valence-electron chi connectivity index (χ3n) is 3.90. The fourth-order valence-electron chi connectivity index (χ4n) is 2.64. The first-order valence-corrected chi connectivity index (χ1v) is 7.19. The Hall–Kier alpha value is -2.81. The Morgan fingerprint density at radius 2 is 2.25 bits per heavy atom. The number of rotatable bonds is 4. The molecule has 1 aliphatic heterocycles. The van der Waals surface area contributed by atoms with E-state index in [9.17, 15) is 19.1 Å². The third kappa shape index (κ3) is 2.85. The van der Waals surface area contributed by atoms with Crippen molar-refractivity contribution in [2.75, 3.05) is 7.11 Å². The number of hydrogen-bond acceptors (Lipinski definition) is 5. The number of amides is 1. The minimum Gasteiger partial charge on any atom is -0.480 e. The summed E-state index contributed by atoms with van der Waals surface area (Å²) in [5, 5.41) is 17.0. The van der Waals surface area contributed by atoms with E-state index in [2.05, 4.69) is 10.2 Å². The van der Waals surface area contributed by atoms with E-state index < -0.39 is 23.7 Å². The lowest BCUT2D eigenvalue weighted by molar-refractivity contribution is -0.143. The maximum absolute atomic E-state index is 14.0. The number of carboxylic acids is 1. The average Bonchev–Trinajstić information content (AvgIpc) is 3.02. The van der Waals surface area contributed by atoms with Gasteiger partial charge in [0.25, 0.3) is 5.91 Å². The molecule has 9 heteroatoms. The topological polar surface area (TPSA) is 97.5 Å². The monoisotopic (exact) mass is 334 g/mol. The first-order valence-electron chi connectivity index (χ1n) is 7.19. The summed E-state index contributed by atoms with van der Waals surface area (Å²) >= 11 is 0. The summed E-state index contributed by atoms with van der Waals surface area (Å²) in [6, 6.07) is 2.93. The van der Waals surface area contributed by atoms with E-state index in [0.717, 1.165) is 11.0 Å². The van der Waals surface area contributed by atoms with Crippen molar-refractivity contribution in [3.63, 3.8) is 0 Å². The van der Waals surface area contributed by atoms with Gasteiger partial charge >= 0.3 is 5.97 Å². The molecule has 0 saturated heterocycles. The number of fused-ring (bicyclic) bond motifs is 1. The Balaban J connectivity index is 1.90. The number of carbonyl (C=O) groups is 2. The average molecular weight is 334 g/mol. The van der Waals surface area contributed by atoms with Gasteiger partial charge in [-0.05, 0) is 12.1 Å². The van der Waals surface area contributed by atoms with Crippen LogP contribution in [-0.4, -0.2) is 49.8 Å². The quantitative estimate of drug-likeness (QED) is 0.883. The summed E-state index contributed by atoms with van der Waals surface area (Å²) in [6.45, 7) is 0.135. The van der Waals surface area contributed by atoms with Gasteiger partial charge in [-0.25, -0.2) is 9.18 Å². The van der Waals surface area contributed by atoms with Gasteiger partial charge in [-0.15, -0.1) is 10.2 Å². The zero-order valence-electron chi connectivity index (χ0n) is 12.8. The van der Waals surface area contributed by atoms with Crippen molar-refractivity contribution in [1.82, 2.24) is 19.7 Å².